The van der Waals surface area contributed by atoms with E-state index in [2.05, 4.69) is 0 Å². The zero-order valence-electron chi connectivity index (χ0n) is 4.71. The average molecular weight is 148 g/mol. The Hall–Kier alpha value is -0.570. The van der Waals surface area contributed by atoms with Crippen LogP contribution >= 0.6 is 11.6 Å². The molecule has 9 heavy (non-hydrogen) atoms. The van der Waals surface area contributed by atoms with Gasteiger partial charge in [0.1, 0.15) is 0 Å². The van der Waals surface area contributed by atoms with Gasteiger partial charge in [-0.15, -0.1) is 0 Å². The van der Waals surface area contributed by atoms with Gasteiger partial charge in [0.25, 0.3) is 0 Å². The molecule has 3 nitrogen and oxygen atoms in total. The Morgan fingerprint density at radius 2 is 2.22 bits per heavy atom. The summed E-state index contributed by atoms with van der Waals surface area (Å²) in [4.78, 5) is 21.4. The Bertz CT molecular complexity index is 144. The van der Waals surface area contributed by atoms with Crippen LogP contribution in [0.25, 0.3) is 0 Å². The normalized spacial score (nSPS) is 17.0. The zero-order valence-corrected chi connectivity index (χ0v) is 5.47. The summed E-state index contributed by atoms with van der Waals surface area (Å²) in [6.07, 6.45) is 2.28. The van der Waals surface area contributed by atoms with E-state index in [1.165, 1.54) is 0 Å². The van der Waals surface area contributed by atoms with Crippen molar-refractivity contribution in [3.63, 3.8) is 0 Å². The van der Waals surface area contributed by atoms with Crippen LogP contribution in [-0.4, -0.2) is 22.7 Å². The molecule has 0 heterocycles. The fourth-order valence-electron chi connectivity index (χ4n) is 0.624. The van der Waals surface area contributed by atoms with Gasteiger partial charge < -0.3 is 0 Å². The van der Waals surface area contributed by atoms with E-state index in [9.17, 15) is 9.59 Å². The first-order chi connectivity index (χ1) is 4.25. The number of carbonyl (C=O) groups is 2. The highest BCUT2D eigenvalue weighted by atomic mass is 35.5. The zero-order chi connectivity index (χ0) is 6.85. The van der Waals surface area contributed by atoms with E-state index in [1.807, 2.05) is 0 Å². The molecular formula is C5H6ClNO2. The highest BCUT2D eigenvalue weighted by molar-refractivity contribution is 6.63. The van der Waals surface area contributed by atoms with E-state index in [4.69, 9.17) is 11.6 Å². The molecular weight excluding hydrogens is 142 g/mol. The van der Waals surface area contributed by atoms with Crippen molar-refractivity contribution in [1.82, 2.24) is 4.90 Å². The van der Waals surface area contributed by atoms with Gasteiger partial charge >= 0.3 is 5.37 Å². The van der Waals surface area contributed by atoms with Crippen LogP contribution in [0.3, 0.4) is 0 Å². The molecule has 0 bridgehead atoms. The van der Waals surface area contributed by atoms with E-state index >= 15 is 0 Å². The Morgan fingerprint density at radius 3 is 2.33 bits per heavy atom. The Kier molecular flexibility index (Phi) is 1.71. The number of amides is 2. The first-order valence-corrected chi connectivity index (χ1v) is 3.06. The minimum atomic E-state index is -0.674. The number of carbonyl (C=O) groups excluding carboxylic acids is 2. The molecule has 0 spiro atoms. The topological polar surface area (TPSA) is 37.4 Å². The highest BCUT2D eigenvalue weighted by Gasteiger charge is 2.31. The van der Waals surface area contributed by atoms with E-state index in [1.54, 1.807) is 0 Å². The molecule has 0 aromatic rings. The Morgan fingerprint density at radius 1 is 1.67 bits per heavy atom. The van der Waals surface area contributed by atoms with Gasteiger partial charge in [-0.3, -0.25) is 14.5 Å². The standard InChI is InChI=1S/C5H6ClNO2/c6-5(9)7(3-8)4-1-2-4/h3-4H,1-2H2. The van der Waals surface area contributed by atoms with Crippen molar-refractivity contribution < 1.29 is 9.59 Å². The minimum absolute atomic E-state index is 0.0903. The van der Waals surface area contributed by atoms with Gasteiger partial charge in [-0.1, -0.05) is 0 Å². The van der Waals surface area contributed by atoms with Crippen molar-refractivity contribution in [3.8, 4) is 0 Å². The van der Waals surface area contributed by atoms with Crippen molar-refractivity contribution in [1.29, 1.82) is 0 Å². The molecule has 0 aromatic heterocycles. The molecule has 0 radical (unpaired) electrons. The lowest BCUT2D eigenvalue weighted by molar-refractivity contribution is -0.115. The molecule has 1 aliphatic rings. The van der Waals surface area contributed by atoms with Gasteiger partial charge in [0, 0.05) is 6.04 Å². The van der Waals surface area contributed by atoms with Crippen LogP contribution in [0.15, 0.2) is 0 Å². The van der Waals surface area contributed by atoms with Gasteiger partial charge in [-0.25, -0.2) is 0 Å². The molecule has 2 amide bonds. The maximum atomic E-state index is 10.3. The number of hydrogen-bond acceptors (Lipinski definition) is 2. The van der Waals surface area contributed by atoms with Crippen molar-refractivity contribution in [2.24, 2.45) is 0 Å². The van der Waals surface area contributed by atoms with E-state index in [0.29, 0.717) is 6.41 Å². The average Bonchev–Trinajstić information content (AvgIpc) is 2.50. The van der Waals surface area contributed by atoms with Gasteiger partial charge in [0.2, 0.25) is 6.41 Å². The summed E-state index contributed by atoms with van der Waals surface area (Å²) in [6.45, 7) is 0. The predicted molar refractivity (Wildman–Crippen MR) is 32.2 cm³/mol. The predicted octanol–water partition coefficient (Wildman–Crippen LogP) is 0.966. The van der Waals surface area contributed by atoms with Gasteiger partial charge in [-0.2, -0.15) is 0 Å². The second-order valence-electron chi connectivity index (χ2n) is 2.00. The molecule has 0 unspecified atom stereocenters. The Labute approximate surface area is 57.6 Å². The number of halogens is 1. The molecule has 4 heteroatoms. The number of hydrogen-bond donors (Lipinski definition) is 0. The molecule has 0 atom stereocenters. The van der Waals surface area contributed by atoms with Crippen LogP contribution < -0.4 is 0 Å². The lowest BCUT2D eigenvalue weighted by atomic mass is 10.6. The van der Waals surface area contributed by atoms with Crippen LogP contribution in [0.1, 0.15) is 12.8 Å². The van der Waals surface area contributed by atoms with Crippen LogP contribution in [0.4, 0.5) is 4.79 Å². The van der Waals surface area contributed by atoms with E-state index < -0.39 is 5.37 Å². The van der Waals surface area contributed by atoms with Gasteiger partial charge in [0.05, 0.1) is 0 Å². The highest BCUT2D eigenvalue weighted by Crippen LogP contribution is 2.26. The second-order valence-corrected chi connectivity index (χ2v) is 2.32. The molecule has 0 aromatic carbocycles. The molecule has 1 rings (SSSR count). The SMILES string of the molecule is O=CN(C(=O)Cl)C1CC1. The van der Waals surface area contributed by atoms with E-state index in [-0.39, 0.29) is 6.04 Å². The lowest BCUT2D eigenvalue weighted by Gasteiger charge is -2.07. The van der Waals surface area contributed by atoms with Gasteiger partial charge in [0.15, 0.2) is 0 Å². The largest absolute Gasteiger partial charge is 0.323 e. The smallest absolute Gasteiger partial charge is 0.278 e. The fourth-order valence-corrected chi connectivity index (χ4v) is 0.802. The molecule has 0 saturated heterocycles. The van der Waals surface area contributed by atoms with Gasteiger partial charge in [-0.05, 0) is 24.4 Å². The molecule has 50 valence electrons. The third-order valence-corrected chi connectivity index (χ3v) is 1.45. The van der Waals surface area contributed by atoms with E-state index in [0.717, 1.165) is 17.7 Å². The molecule has 1 aliphatic carbocycles. The number of rotatable bonds is 2. The molecule has 0 aliphatic heterocycles. The third kappa shape index (κ3) is 1.42. The van der Waals surface area contributed by atoms with Crippen molar-refractivity contribution in [3.05, 3.63) is 0 Å². The quantitative estimate of drug-likeness (QED) is 0.332. The Balaban J connectivity index is 2.47. The van der Waals surface area contributed by atoms with Crippen LogP contribution in [0.2, 0.25) is 0 Å². The summed E-state index contributed by atoms with van der Waals surface area (Å²) in [6, 6.07) is 0.0903. The fraction of sp³-hybridized carbons (Fsp3) is 0.600. The molecule has 1 saturated carbocycles. The second kappa shape index (κ2) is 2.35. The van der Waals surface area contributed by atoms with Crippen LogP contribution in [0.5, 0.6) is 0 Å². The van der Waals surface area contributed by atoms with Crippen molar-refractivity contribution in [2.45, 2.75) is 18.9 Å². The summed E-state index contributed by atoms with van der Waals surface area (Å²) >= 11 is 5.03. The van der Waals surface area contributed by atoms with Crippen LogP contribution in [0, 0.1) is 0 Å². The molecule has 1 fully saturated rings. The summed E-state index contributed by atoms with van der Waals surface area (Å²) in [5.74, 6) is 0. The van der Waals surface area contributed by atoms with Crippen LogP contribution in [-0.2, 0) is 4.79 Å². The molecule has 0 N–H and O–H groups in total. The van der Waals surface area contributed by atoms with Crippen molar-refractivity contribution in [2.75, 3.05) is 0 Å². The summed E-state index contributed by atoms with van der Waals surface area (Å²) in [7, 11) is 0. The van der Waals surface area contributed by atoms with Crippen molar-refractivity contribution >= 4 is 23.4 Å². The summed E-state index contributed by atoms with van der Waals surface area (Å²) in [5.41, 5.74) is 0. The maximum absolute atomic E-state index is 10.3. The lowest BCUT2D eigenvalue weighted by Crippen LogP contribution is -2.26. The number of imide groups is 1. The third-order valence-electron chi connectivity index (χ3n) is 1.26. The number of nitrogens with zero attached hydrogens (tertiary/aromatic N) is 1. The minimum Gasteiger partial charge on any atom is -0.278 e. The summed E-state index contributed by atoms with van der Waals surface area (Å²) < 4.78 is 0. The summed E-state index contributed by atoms with van der Waals surface area (Å²) in [5, 5.41) is -0.674. The first kappa shape index (κ1) is 6.55. The monoisotopic (exact) mass is 147 g/mol. The maximum Gasteiger partial charge on any atom is 0.323 e. The first-order valence-electron chi connectivity index (χ1n) is 2.69.